The molecule has 1 aromatic heterocycles. The maximum Gasteiger partial charge on any atom is 0.112 e. The summed E-state index contributed by atoms with van der Waals surface area (Å²) in [6.45, 7) is 0. The van der Waals surface area contributed by atoms with Gasteiger partial charge in [0, 0.05) is 11.8 Å². The Morgan fingerprint density at radius 3 is 2.64 bits per heavy atom. The Labute approximate surface area is 92.5 Å². The number of aromatic nitrogens is 1. The minimum atomic E-state index is -0.647. The van der Waals surface area contributed by atoms with Gasteiger partial charge in [-0.2, -0.15) is 0 Å². The van der Waals surface area contributed by atoms with Crippen LogP contribution in [0.25, 0.3) is 0 Å². The van der Waals surface area contributed by atoms with Gasteiger partial charge in [-0.15, -0.1) is 0 Å². The molecule has 0 atom stereocenters. The van der Waals surface area contributed by atoms with Crippen LogP contribution in [-0.4, -0.2) is 10.1 Å². The summed E-state index contributed by atoms with van der Waals surface area (Å²) in [6.07, 6.45) is 6.91. The third-order valence-electron chi connectivity index (χ3n) is 2.94. The monoisotopic (exact) mass is 255 g/mol. The van der Waals surface area contributed by atoms with Gasteiger partial charge in [0.2, 0.25) is 0 Å². The normalized spacial score (nSPS) is 20.7. The van der Waals surface area contributed by atoms with E-state index in [0.29, 0.717) is 0 Å². The van der Waals surface area contributed by atoms with Gasteiger partial charge < -0.3 is 5.11 Å². The molecule has 0 radical (unpaired) electrons. The van der Waals surface area contributed by atoms with Crippen LogP contribution < -0.4 is 0 Å². The van der Waals surface area contributed by atoms with E-state index in [4.69, 9.17) is 0 Å². The summed E-state index contributed by atoms with van der Waals surface area (Å²) < 4.78 is 0.782. The minimum Gasteiger partial charge on any atom is -0.385 e. The number of aliphatic hydroxyl groups is 1. The molecule has 0 aromatic carbocycles. The van der Waals surface area contributed by atoms with Crippen molar-refractivity contribution >= 4 is 15.9 Å². The lowest BCUT2D eigenvalue weighted by Gasteiger charge is -2.32. The average Bonchev–Trinajstić information content (AvgIpc) is 2.19. The fourth-order valence-electron chi connectivity index (χ4n) is 2.14. The summed E-state index contributed by atoms with van der Waals surface area (Å²) in [7, 11) is 0. The first kappa shape index (κ1) is 10.1. The van der Waals surface area contributed by atoms with E-state index < -0.39 is 5.60 Å². The summed E-state index contributed by atoms with van der Waals surface area (Å²) >= 11 is 3.40. The second-order valence-electron chi connectivity index (χ2n) is 3.93. The smallest absolute Gasteiger partial charge is 0.112 e. The molecule has 1 aliphatic rings. The highest BCUT2D eigenvalue weighted by atomic mass is 79.9. The molecule has 3 heteroatoms. The molecular formula is C11H14BrNO. The van der Waals surface area contributed by atoms with Crippen molar-refractivity contribution in [3.8, 4) is 0 Å². The molecule has 1 saturated carbocycles. The minimum absolute atomic E-state index is 0.647. The van der Waals surface area contributed by atoms with E-state index >= 15 is 0 Å². The van der Waals surface area contributed by atoms with Crippen LogP contribution in [0.4, 0.5) is 0 Å². The van der Waals surface area contributed by atoms with Gasteiger partial charge in [0.25, 0.3) is 0 Å². The van der Waals surface area contributed by atoms with Crippen molar-refractivity contribution in [2.45, 2.75) is 37.7 Å². The molecule has 0 saturated heterocycles. The summed E-state index contributed by atoms with van der Waals surface area (Å²) in [5, 5.41) is 10.5. The molecule has 0 unspecified atom stereocenters. The first-order valence-electron chi connectivity index (χ1n) is 5.06. The van der Waals surface area contributed by atoms with Crippen LogP contribution in [0.5, 0.6) is 0 Å². The summed E-state index contributed by atoms with van der Waals surface area (Å²) in [6, 6.07) is 3.84. The zero-order valence-corrected chi connectivity index (χ0v) is 9.63. The third-order valence-corrected chi connectivity index (χ3v) is 3.57. The number of pyridine rings is 1. The average molecular weight is 256 g/mol. The molecule has 2 nitrogen and oxygen atoms in total. The lowest BCUT2D eigenvalue weighted by Crippen LogP contribution is -2.29. The van der Waals surface area contributed by atoms with Gasteiger partial charge in [0.05, 0.1) is 5.60 Å². The summed E-state index contributed by atoms with van der Waals surface area (Å²) in [5.74, 6) is 0. The standard InChI is InChI=1S/C11H14BrNO/c12-10-9(5-4-8-13-10)11(14)6-2-1-3-7-11/h4-5,8,14H,1-3,6-7H2. The van der Waals surface area contributed by atoms with Crippen molar-refractivity contribution in [1.82, 2.24) is 4.98 Å². The highest BCUT2D eigenvalue weighted by molar-refractivity contribution is 9.10. The molecule has 1 heterocycles. The Morgan fingerprint density at radius 1 is 1.29 bits per heavy atom. The molecular weight excluding hydrogens is 242 g/mol. The second kappa shape index (κ2) is 3.99. The van der Waals surface area contributed by atoms with Crippen molar-refractivity contribution < 1.29 is 5.11 Å². The molecule has 0 bridgehead atoms. The first-order valence-corrected chi connectivity index (χ1v) is 5.85. The maximum absolute atomic E-state index is 10.5. The number of rotatable bonds is 1. The third kappa shape index (κ3) is 1.84. The molecule has 1 aliphatic carbocycles. The molecule has 0 aliphatic heterocycles. The van der Waals surface area contributed by atoms with Gasteiger partial charge in [0.15, 0.2) is 0 Å². The van der Waals surface area contributed by atoms with Gasteiger partial charge in [0.1, 0.15) is 4.60 Å². The Kier molecular flexibility index (Phi) is 2.88. The van der Waals surface area contributed by atoms with Crippen LogP contribution in [0.2, 0.25) is 0 Å². The molecule has 0 amide bonds. The van der Waals surface area contributed by atoms with Gasteiger partial charge >= 0.3 is 0 Å². The maximum atomic E-state index is 10.5. The Morgan fingerprint density at radius 2 is 2.00 bits per heavy atom. The Bertz CT molecular complexity index is 321. The van der Waals surface area contributed by atoms with Gasteiger partial charge in [-0.1, -0.05) is 25.3 Å². The van der Waals surface area contributed by atoms with E-state index in [1.807, 2.05) is 12.1 Å². The lowest BCUT2D eigenvalue weighted by molar-refractivity contribution is -0.00164. The first-order chi connectivity index (χ1) is 6.72. The van der Waals surface area contributed by atoms with E-state index in [-0.39, 0.29) is 0 Å². The van der Waals surface area contributed by atoms with E-state index in [2.05, 4.69) is 20.9 Å². The summed E-state index contributed by atoms with van der Waals surface area (Å²) in [4.78, 5) is 4.16. The van der Waals surface area contributed by atoms with Crippen LogP contribution >= 0.6 is 15.9 Å². The van der Waals surface area contributed by atoms with Crippen molar-refractivity contribution in [3.63, 3.8) is 0 Å². The lowest BCUT2D eigenvalue weighted by atomic mass is 9.80. The van der Waals surface area contributed by atoms with E-state index in [0.717, 1.165) is 35.8 Å². The van der Waals surface area contributed by atoms with Crippen molar-refractivity contribution in [1.29, 1.82) is 0 Å². The largest absolute Gasteiger partial charge is 0.385 e. The number of hydrogen-bond acceptors (Lipinski definition) is 2. The van der Waals surface area contributed by atoms with E-state index in [9.17, 15) is 5.11 Å². The molecule has 1 aromatic rings. The highest BCUT2D eigenvalue weighted by Gasteiger charge is 2.32. The van der Waals surface area contributed by atoms with Gasteiger partial charge in [-0.25, -0.2) is 4.98 Å². The highest BCUT2D eigenvalue weighted by Crippen LogP contribution is 2.39. The van der Waals surface area contributed by atoms with E-state index in [1.165, 1.54) is 6.42 Å². The molecule has 1 fully saturated rings. The molecule has 14 heavy (non-hydrogen) atoms. The fraction of sp³-hybridized carbons (Fsp3) is 0.545. The topological polar surface area (TPSA) is 33.1 Å². The zero-order chi connectivity index (χ0) is 10.0. The summed E-state index contributed by atoms with van der Waals surface area (Å²) in [5.41, 5.74) is 0.297. The van der Waals surface area contributed by atoms with Crippen molar-refractivity contribution in [2.75, 3.05) is 0 Å². The van der Waals surface area contributed by atoms with Crippen LogP contribution in [0.3, 0.4) is 0 Å². The van der Waals surface area contributed by atoms with Crippen molar-refractivity contribution in [3.05, 3.63) is 28.5 Å². The van der Waals surface area contributed by atoms with Gasteiger partial charge in [-0.05, 0) is 34.8 Å². The SMILES string of the molecule is OC1(c2cccnc2Br)CCCCC1. The number of halogens is 1. The van der Waals surface area contributed by atoms with E-state index in [1.54, 1.807) is 6.20 Å². The quantitative estimate of drug-likeness (QED) is 0.783. The molecule has 2 rings (SSSR count). The molecule has 0 spiro atoms. The van der Waals surface area contributed by atoms with Crippen LogP contribution in [0.1, 0.15) is 37.7 Å². The Balaban J connectivity index is 2.32. The second-order valence-corrected chi connectivity index (χ2v) is 4.69. The van der Waals surface area contributed by atoms with Crippen LogP contribution in [-0.2, 0) is 5.60 Å². The molecule has 1 N–H and O–H groups in total. The predicted octanol–water partition coefficient (Wildman–Crippen LogP) is 3.00. The van der Waals surface area contributed by atoms with Crippen LogP contribution in [0, 0.1) is 0 Å². The van der Waals surface area contributed by atoms with Gasteiger partial charge in [-0.3, -0.25) is 0 Å². The fourth-order valence-corrected chi connectivity index (χ4v) is 2.76. The predicted molar refractivity (Wildman–Crippen MR) is 58.9 cm³/mol. The Hall–Kier alpha value is -0.410. The molecule has 76 valence electrons. The number of nitrogens with zero attached hydrogens (tertiary/aromatic N) is 1. The number of hydrogen-bond donors (Lipinski definition) is 1. The zero-order valence-electron chi connectivity index (χ0n) is 8.04. The van der Waals surface area contributed by atoms with Crippen LogP contribution in [0.15, 0.2) is 22.9 Å². The van der Waals surface area contributed by atoms with Crippen molar-refractivity contribution in [2.24, 2.45) is 0 Å².